The van der Waals surface area contributed by atoms with Crippen molar-refractivity contribution in [1.82, 2.24) is 29.6 Å². The first-order valence-electron chi connectivity index (χ1n) is 11.5. The van der Waals surface area contributed by atoms with Crippen molar-refractivity contribution in [3.63, 3.8) is 0 Å². The zero-order valence-electron chi connectivity index (χ0n) is 18.8. The van der Waals surface area contributed by atoms with Gasteiger partial charge in [-0.3, -0.25) is 9.78 Å². The molecular weight excluding hydrogens is 433 g/mol. The van der Waals surface area contributed by atoms with E-state index >= 15 is 0 Å². The lowest BCUT2D eigenvalue weighted by Gasteiger charge is -2.46. The predicted molar refractivity (Wildman–Crippen MR) is 125 cm³/mol. The van der Waals surface area contributed by atoms with Crippen molar-refractivity contribution in [2.75, 3.05) is 31.1 Å². The molecule has 1 amide bonds. The van der Waals surface area contributed by atoms with Crippen molar-refractivity contribution in [2.45, 2.75) is 13.3 Å². The van der Waals surface area contributed by atoms with Gasteiger partial charge in [-0.05, 0) is 55.5 Å². The zero-order valence-corrected chi connectivity index (χ0v) is 18.8. The summed E-state index contributed by atoms with van der Waals surface area (Å²) in [6, 6.07) is 10.1. The molecule has 4 aromatic rings. The molecule has 2 aliphatic rings. The number of nitrogens with zero attached hydrogens (tertiary/aromatic N) is 7. The van der Waals surface area contributed by atoms with Crippen molar-refractivity contribution in [3.8, 4) is 5.69 Å². The van der Waals surface area contributed by atoms with Gasteiger partial charge in [0.2, 0.25) is 0 Å². The SMILES string of the molecule is Cc1ccc(-n2cccn2)c(C(=O)N2CC3CC(C2)CN(c2cnc4cc(F)ccc4n2)C3)n1. The van der Waals surface area contributed by atoms with E-state index in [1.54, 1.807) is 23.1 Å². The first kappa shape index (κ1) is 20.7. The van der Waals surface area contributed by atoms with Gasteiger partial charge in [0.15, 0.2) is 5.69 Å². The number of benzene rings is 1. The van der Waals surface area contributed by atoms with Crippen LogP contribution in [-0.2, 0) is 0 Å². The van der Waals surface area contributed by atoms with E-state index in [-0.39, 0.29) is 11.7 Å². The molecule has 3 aromatic heterocycles. The molecule has 8 nitrogen and oxygen atoms in total. The van der Waals surface area contributed by atoms with E-state index in [1.165, 1.54) is 12.1 Å². The molecule has 5 heterocycles. The summed E-state index contributed by atoms with van der Waals surface area (Å²) in [5, 5.41) is 4.30. The molecule has 0 spiro atoms. The van der Waals surface area contributed by atoms with Crippen LogP contribution in [-0.4, -0.2) is 61.7 Å². The maximum absolute atomic E-state index is 13.6. The van der Waals surface area contributed by atoms with E-state index in [2.05, 4.69) is 20.0 Å². The lowest BCUT2D eigenvalue weighted by molar-refractivity contribution is 0.0558. The molecule has 9 heteroatoms. The van der Waals surface area contributed by atoms with Gasteiger partial charge in [-0.1, -0.05) is 0 Å². The molecule has 2 fully saturated rings. The minimum Gasteiger partial charge on any atom is -0.355 e. The standard InChI is InChI=1S/C25H24FN7O/c1-16-3-6-22(33-8-2-7-28-33)24(29-16)25(34)32-14-17-9-18(15-32)13-31(12-17)23-11-27-21-10-19(26)4-5-20(21)30-23/h2-8,10-11,17-18H,9,12-15H2,1H3. The van der Waals surface area contributed by atoms with Crippen molar-refractivity contribution < 1.29 is 9.18 Å². The highest BCUT2D eigenvalue weighted by Crippen LogP contribution is 2.32. The Morgan fingerprint density at radius 3 is 2.62 bits per heavy atom. The maximum Gasteiger partial charge on any atom is 0.274 e. The molecule has 2 aliphatic heterocycles. The average Bonchev–Trinajstić information content (AvgIpc) is 3.37. The van der Waals surface area contributed by atoms with Crippen molar-refractivity contribution in [1.29, 1.82) is 0 Å². The van der Waals surface area contributed by atoms with Gasteiger partial charge < -0.3 is 9.80 Å². The summed E-state index contributed by atoms with van der Waals surface area (Å²) < 4.78 is 15.2. The Morgan fingerprint density at radius 2 is 1.85 bits per heavy atom. The number of pyridine rings is 1. The van der Waals surface area contributed by atoms with Gasteiger partial charge in [-0.15, -0.1) is 0 Å². The molecule has 0 aliphatic carbocycles. The number of hydrogen-bond acceptors (Lipinski definition) is 6. The van der Waals surface area contributed by atoms with E-state index in [0.29, 0.717) is 47.3 Å². The Morgan fingerprint density at radius 1 is 1.03 bits per heavy atom. The van der Waals surface area contributed by atoms with Crippen LogP contribution in [0.5, 0.6) is 0 Å². The number of aromatic nitrogens is 5. The number of rotatable bonds is 3. The van der Waals surface area contributed by atoms with Crippen LogP contribution in [0, 0.1) is 24.6 Å². The van der Waals surface area contributed by atoms with Crippen LogP contribution in [0.1, 0.15) is 22.6 Å². The zero-order chi connectivity index (χ0) is 23.2. The van der Waals surface area contributed by atoms with Crippen LogP contribution >= 0.6 is 0 Å². The number of anilines is 1. The molecule has 1 aromatic carbocycles. The number of carbonyl (C=O) groups excluding carboxylic acids is 1. The first-order chi connectivity index (χ1) is 16.5. The predicted octanol–water partition coefficient (Wildman–Crippen LogP) is 3.26. The Bertz CT molecular complexity index is 1360. The van der Waals surface area contributed by atoms with Gasteiger partial charge in [0.25, 0.3) is 5.91 Å². The smallest absolute Gasteiger partial charge is 0.274 e. The number of aryl methyl sites for hydroxylation is 1. The lowest BCUT2D eigenvalue weighted by atomic mass is 9.84. The van der Waals surface area contributed by atoms with Crippen LogP contribution in [0.2, 0.25) is 0 Å². The molecule has 2 saturated heterocycles. The largest absolute Gasteiger partial charge is 0.355 e. The van der Waals surface area contributed by atoms with Crippen LogP contribution < -0.4 is 4.90 Å². The fourth-order valence-electron chi connectivity index (χ4n) is 5.21. The molecule has 0 saturated carbocycles. The van der Waals surface area contributed by atoms with Gasteiger partial charge in [0.05, 0.1) is 22.9 Å². The summed E-state index contributed by atoms with van der Waals surface area (Å²) in [6.07, 6.45) is 6.32. The van der Waals surface area contributed by atoms with E-state index < -0.39 is 0 Å². The number of hydrogen-bond donors (Lipinski definition) is 0. The molecule has 0 N–H and O–H groups in total. The average molecular weight is 458 g/mol. The fraction of sp³-hybridized carbons (Fsp3) is 0.320. The van der Waals surface area contributed by atoms with Crippen LogP contribution in [0.25, 0.3) is 16.7 Å². The number of amides is 1. The second-order valence-electron chi connectivity index (χ2n) is 9.22. The van der Waals surface area contributed by atoms with Gasteiger partial charge in [0, 0.05) is 50.3 Å². The minimum absolute atomic E-state index is 0.0510. The van der Waals surface area contributed by atoms with Crippen molar-refractivity contribution in [3.05, 3.63) is 72.2 Å². The third-order valence-corrected chi connectivity index (χ3v) is 6.65. The normalized spacial score (nSPS) is 20.1. The van der Waals surface area contributed by atoms with Crippen LogP contribution in [0.3, 0.4) is 0 Å². The van der Waals surface area contributed by atoms with Crippen molar-refractivity contribution in [2.24, 2.45) is 11.8 Å². The number of piperidine rings is 2. The highest BCUT2D eigenvalue weighted by atomic mass is 19.1. The Labute approximate surface area is 196 Å². The van der Waals surface area contributed by atoms with E-state index in [0.717, 1.165) is 31.0 Å². The number of likely N-dealkylation sites (tertiary alicyclic amines) is 1. The van der Waals surface area contributed by atoms with Gasteiger partial charge in [0.1, 0.15) is 11.6 Å². The molecule has 0 radical (unpaired) electrons. The molecule has 2 atom stereocenters. The summed E-state index contributed by atoms with van der Waals surface area (Å²) in [7, 11) is 0. The number of carbonyl (C=O) groups is 1. The first-order valence-corrected chi connectivity index (χ1v) is 11.5. The van der Waals surface area contributed by atoms with Crippen LogP contribution in [0.4, 0.5) is 10.2 Å². The Balaban J connectivity index is 1.22. The second-order valence-corrected chi connectivity index (χ2v) is 9.22. The summed E-state index contributed by atoms with van der Waals surface area (Å²) in [6.45, 7) is 4.84. The summed E-state index contributed by atoms with van der Waals surface area (Å²) in [5.74, 6) is 1.10. The quantitative estimate of drug-likeness (QED) is 0.470. The maximum atomic E-state index is 13.6. The second kappa shape index (κ2) is 8.16. The fourth-order valence-corrected chi connectivity index (χ4v) is 5.21. The van der Waals surface area contributed by atoms with E-state index in [4.69, 9.17) is 4.98 Å². The highest BCUT2D eigenvalue weighted by Gasteiger charge is 2.37. The third kappa shape index (κ3) is 3.76. The summed E-state index contributed by atoms with van der Waals surface area (Å²) >= 11 is 0. The van der Waals surface area contributed by atoms with Crippen LogP contribution in [0.15, 0.2) is 55.0 Å². The van der Waals surface area contributed by atoms with E-state index in [1.807, 2.05) is 36.2 Å². The Kier molecular flexibility index (Phi) is 4.97. The third-order valence-electron chi connectivity index (χ3n) is 6.65. The molecule has 2 unspecified atom stereocenters. The summed E-state index contributed by atoms with van der Waals surface area (Å²) in [4.78, 5) is 31.5. The van der Waals surface area contributed by atoms with E-state index in [9.17, 15) is 9.18 Å². The number of halogens is 1. The highest BCUT2D eigenvalue weighted by molar-refractivity contribution is 5.96. The lowest BCUT2D eigenvalue weighted by Crippen LogP contribution is -2.54. The molecule has 172 valence electrons. The summed E-state index contributed by atoms with van der Waals surface area (Å²) in [5.41, 5.74) is 3.17. The van der Waals surface area contributed by atoms with Crippen molar-refractivity contribution >= 4 is 22.8 Å². The van der Waals surface area contributed by atoms with Gasteiger partial charge >= 0.3 is 0 Å². The Hall–Kier alpha value is -3.88. The topological polar surface area (TPSA) is 80.0 Å². The molecular formula is C25H24FN7O. The molecule has 34 heavy (non-hydrogen) atoms. The monoisotopic (exact) mass is 457 g/mol. The van der Waals surface area contributed by atoms with Gasteiger partial charge in [-0.25, -0.2) is 19.0 Å². The molecule has 6 rings (SSSR count). The minimum atomic E-state index is -0.314. The van der Waals surface area contributed by atoms with Gasteiger partial charge in [-0.2, -0.15) is 5.10 Å². The molecule has 2 bridgehead atoms. The number of fused-ring (bicyclic) bond motifs is 3.